The molecule has 2 bridgehead atoms. The van der Waals surface area contributed by atoms with Gasteiger partial charge in [-0.2, -0.15) is 13.5 Å². The number of aliphatic hydroxyl groups is 1. The first-order valence-electron chi connectivity index (χ1n) is 12.2. The minimum atomic E-state index is -3.20. The fourth-order valence-electron chi connectivity index (χ4n) is 5.77. The Kier molecular flexibility index (Phi) is 6.86. The van der Waals surface area contributed by atoms with E-state index in [1.165, 1.54) is 12.1 Å². The number of ketones is 1. The Bertz CT molecular complexity index is 1390. The normalized spacial score (nSPS) is 20.4. The van der Waals surface area contributed by atoms with Crippen LogP contribution in [0.4, 0.5) is 13.2 Å². The van der Waals surface area contributed by atoms with Crippen molar-refractivity contribution in [3.05, 3.63) is 94.2 Å². The number of hydrogen-bond acceptors (Lipinski definition) is 4. The van der Waals surface area contributed by atoms with Gasteiger partial charge in [0.25, 0.3) is 0 Å². The number of carbonyl (C=O) groups is 1. The van der Waals surface area contributed by atoms with E-state index in [2.05, 4.69) is 11.3 Å². The predicted octanol–water partition coefficient (Wildman–Crippen LogP) is 7.00. The van der Waals surface area contributed by atoms with Gasteiger partial charge in [-0.3, -0.25) is 4.79 Å². The van der Waals surface area contributed by atoms with E-state index in [4.69, 9.17) is 11.6 Å². The van der Waals surface area contributed by atoms with Gasteiger partial charge in [-0.1, -0.05) is 42.4 Å². The minimum absolute atomic E-state index is 0.00376. The van der Waals surface area contributed by atoms with E-state index in [1.807, 2.05) is 0 Å². The molecule has 3 fully saturated rings. The average molecular weight is 544 g/mol. The van der Waals surface area contributed by atoms with Crippen LogP contribution in [0.1, 0.15) is 48.4 Å². The zero-order valence-corrected chi connectivity index (χ0v) is 21.1. The van der Waals surface area contributed by atoms with Crippen molar-refractivity contribution in [2.75, 3.05) is 0 Å². The Hall–Kier alpha value is -3.52. The summed E-state index contributed by atoms with van der Waals surface area (Å²) in [7, 11) is 0. The van der Waals surface area contributed by atoms with Crippen LogP contribution in [-0.4, -0.2) is 17.5 Å². The van der Waals surface area contributed by atoms with Crippen LogP contribution in [0, 0.1) is 22.4 Å². The summed E-state index contributed by atoms with van der Waals surface area (Å²) in [6.45, 7) is 0.287. The van der Waals surface area contributed by atoms with Crippen LogP contribution < -0.4 is 9.47 Å². The molecular formula is C29H25ClF3NO4. The second-order valence-electron chi connectivity index (χ2n) is 10.3. The Morgan fingerprint density at radius 1 is 1.16 bits per heavy atom. The van der Waals surface area contributed by atoms with E-state index in [1.54, 1.807) is 24.3 Å². The van der Waals surface area contributed by atoms with E-state index in [9.17, 15) is 28.3 Å². The molecule has 198 valence electrons. The van der Waals surface area contributed by atoms with Crippen molar-refractivity contribution in [2.45, 2.75) is 44.6 Å². The lowest BCUT2D eigenvalue weighted by Gasteiger charge is -2.63. The minimum Gasteiger partial charge on any atom is -0.618 e. The van der Waals surface area contributed by atoms with Gasteiger partial charge in [-0.15, -0.1) is 0 Å². The number of ether oxygens (including phenoxy) is 1. The van der Waals surface area contributed by atoms with Crippen molar-refractivity contribution in [1.29, 1.82) is 0 Å². The van der Waals surface area contributed by atoms with Crippen LogP contribution in [-0.2, 0) is 11.2 Å². The molecule has 1 N–H and O–H groups in total. The molecule has 1 aromatic heterocycles. The van der Waals surface area contributed by atoms with Crippen LogP contribution in [0.2, 0.25) is 5.02 Å². The predicted molar refractivity (Wildman–Crippen MR) is 136 cm³/mol. The highest BCUT2D eigenvalue weighted by atomic mass is 35.5. The molecule has 3 aliphatic rings. The molecule has 38 heavy (non-hydrogen) atoms. The second kappa shape index (κ2) is 9.98. The average Bonchev–Trinajstić information content (AvgIpc) is 2.81. The lowest BCUT2D eigenvalue weighted by atomic mass is 9.42. The van der Waals surface area contributed by atoms with Crippen molar-refractivity contribution in [3.63, 3.8) is 0 Å². The first kappa shape index (κ1) is 26.1. The van der Waals surface area contributed by atoms with Gasteiger partial charge in [0.05, 0.1) is 16.1 Å². The maximum atomic E-state index is 14.9. The van der Waals surface area contributed by atoms with Gasteiger partial charge in [-0.05, 0) is 60.8 Å². The smallest absolute Gasteiger partial charge is 0.387 e. The summed E-state index contributed by atoms with van der Waals surface area (Å²) in [5, 5.41) is 22.5. The van der Waals surface area contributed by atoms with Crippen molar-refractivity contribution in [3.8, 4) is 16.9 Å². The number of halogens is 4. The number of Topliss-reactive ketones (excluding diaryl/α,β-unsaturated/α-hetero) is 1. The van der Waals surface area contributed by atoms with Crippen LogP contribution in [0.15, 0.2) is 61.3 Å². The maximum Gasteiger partial charge on any atom is 0.387 e. The molecule has 1 unspecified atom stereocenters. The molecule has 3 aliphatic carbocycles. The first-order chi connectivity index (χ1) is 18.0. The van der Waals surface area contributed by atoms with Crippen LogP contribution in [0.5, 0.6) is 5.75 Å². The molecule has 5 nitrogen and oxygen atoms in total. The van der Waals surface area contributed by atoms with E-state index in [0.717, 1.165) is 43.2 Å². The Labute approximate surface area is 222 Å². The molecule has 1 atom stereocenters. The van der Waals surface area contributed by atoms with Gasteiger partial charge in [-0.25, -0.2) is 4.39 Å². The quantitative estimate of drug-likeness (QED) is 0.170. The molecule has 1 heterocycles. The van der Waals surface area contributed by atoms with E-state index in [0.29, 0.717) is 22.6 Å². The lowest BCUT2D eigenvalue weighted by Crippen LogP contribution is -2.53. The highest BCUT2D eigenvalue weighted by Gasteiger charge is 2.57. The standard InChI is InChI=1S/C29H25ClF3NO4/c1-16(35)19-4-2-17(3-5-19)10-24(36)21(14-29-11-18(12-29)13-29)23-8-6-20(15-34(23)37)26-25(38-28(32)33)9-7-22(30)27(26)31/h2-9,15,18,21,28,35H,1,10-14H2. The third-order valence-corrected chi connectivity index (χ3v) is 8.01. The molecule has 0 amide bonds. The van der Waals surface area contributed by atoms with Crippen LogP contribution >= 0.6 is 11.6 Å². The number of hydrogen-bond donors (Lipinski definition) is 1. The number of aromatic nitrogens is 1. The van der Waals surface area contributed by atoms with Gasteiger partial charge in [0.15, 0.2) is 17.8 Å². The lowest BCUT2D eigenvalue weighted by molar-refractivity contribution is -0.614. The summed E-state index contributed by atoms with van der Waals surface area (Å²) in [6, 6.07) is 11.9. The molecule has 0 radical (unpaired) electrons. The van der Waals surface area contributed by atoms with Crippen LogP contribution in [0.3, 0.4) is 0 Å². The highest BCUT2D eigenvalue weighted by Crippen LogP contribution is 2.67. The molecule has 3 aromatic rings. The zero-order valence-electron chi connectivity index (χ0n) is 20.3. The van der Waals surface area contributed by atoms with Crippen LogP contribution in [0.25, 0.3) is 16.9 Å². The summed E-state index contributed by atoms with van der Waals surface area (Å²) >= 11 is 5.87. The molecule has 0 saturated heterocycles. The van der Waals surface area contributed by atoms with Crippen molar-refractivity contribution < 1.29 is 32.5 Å². The SMILES string of the molecule is C=C(O)c1ccc(CC(=O)C(CC23CC(C2)C3)c2ccc(-c3c(OC(F)F)ccc(Cl)c3F)c[n+]2[O-])cc1. The number of aliphatic hydroxyl groups excluding tert-OH is 1. The first-order valence-corrected chi connectivity index (χ1v) is 12.6. The number of carbonyl (C=O) groups excluding carboxylic acids is 1. The zero-order chi connectivity index (χ0) is 27.2. The molecule has 6 rings (SSSR count). The molecule has 2 aromatic carbocycles. The number of rotatable bonds is 10. The van der Waals surface area contributed by atoms with Gasteiger partial charge >= 0.3 is 6.61 Å². The Morgan fingerprint density at radius 3 is 2.39 bits per heavy atom. The van der Waals surface area contributed by atoms with Crippen molar-refractivity contribution >= 4 is 23.1 Å². The number of pyridine rings is 1. The highest BCUT2D eigenvalue weighted by molar-refractivity contribution is 6.31. The molecule has 9 heteroatoms. The Morgan fingerprint density at radius 2 is 1.84 bits per heavy atom. The van der Waals surface area contributed by atoms with Gasteiger partial charge in [0, 0.05) is 18.1 Å². The van der Waals surface area contributed by atoms with Gasteiger partial charge in [0.1, 0.15) is 17.4 Å². The largest absolute Gasteiger partial charge is 0.618 e. The summed E-state index contributed by atoms with van der Waals surface area (Å²) in [6.07, 6.45) is 4.77. The summed E-state index contributed by atoms with van der Waals surface area (Å²) in [5.41, 5.74) is 1.17. The van der Waals surface area contributed by atoms with Crippen molar-refractivity contribution in [1.82, 2.24) is 0 Å². The number of nitrogens with zero attached hydrogens (tertiary/aromatic N) is 1. The van der Waals surface area contributed by atoms with E-state index in [-0.39, 0.29) is 45.2 Å². The maximum absolute atomic E-state index is 14.9. The van der Waals surface area contributed by atoms with E-state index < -0.39 is 24.1 Å². The summed E-state index contributed by atoms with van der Waals surface area (Å²) < 4.78 is 45.7. The van der Waals surface area contributed by atoms with Gasteiger partial charge < -0.3 is 15.1 Å². The van der Waals surface area contributed by atoms with Gasteiger partial charge in [0.2, 0.25) is 5.69 Å². The fourth-order valence-corrected chi connectivity index (χ4v) is 5.93. The monoisotopic (exact) mass is 543 g/mol. The molecule has 0 aliphatic heterocycles. The Balaban J connectivity index is 1.47. The van der Waals surface area contributed by atoms with E-state index >= 15 is 0 Å². The number of benzene rings is 2. The molecular weight excluding hydrogens is 519 g/mol. The molecule has 3 saturated carbocycles. The summed E-state index contributed by atoms with van der Waals surface area (Å²) in [5.74, 6) is -1.67. The summed E-state index contributed by atoms with van der Waals surface area (Å²) in [4.78, 5) is 13.5. The third kappa shape index (κ3) is 4.97. The van der Waals surface area contributed by atoms with Crippen molar-refractivity contribution in [2.24, 2.45) is 11.3 Å². The molecule has 0 spiro atoms. The second-order valence-corrected chi connectivity index (χ2v) is 10.7. The third-order valence-electron chi connectivity index (χ3n) is 7.72. The topological polar surface area (TPSA) is 73.5 Å². The fraction of sp³-hybridized carbons (Fsp3) is 0.310. The number of alkyl halides is 2.